The van der Waals surface area contributed by atoms with Crippen LogP contribution in [-0.4, -0.2) is 33.0 Å². The first-order valence-electron chi connectivity index (χ1n) is 5.86. The Morgan fingerprint density at radius 2 is 2.06 bits per heavy atom. The van der Waals surface area contributed by atoms with Crippen molar-refractivity contribution in [3.05, 3.63) is 36.0 Å². The molecule has 0 heterocycles. The van der Waals surface area contributed by atoms with E-state index in [1.54, 1.807) is 31.2 Å². The summed E-state index contributed by atoms with van der Waals surface area (Å²) in [5.74, 6) is -1.02. The molecular formula is C14H20O4. The molecule has 0 aromatic rings. The molecule has 0 aliphatic heterocycles. The Hall–Kier alpha value is -1.39. The highest BCUT2D eigenvalue weighted by molar-refractivity contribution is 5.81. The molecule has 1 aliphatic carbocycles. The number of aliphatic hydroxyl groups is 2. The van der Waals surface area contributed by atoms with E-state index in [2.05, 4.69) is 0 Å². The lowest BCUT2D eigenvalue weighted by atomic mass is 9.67. The van der Waals surface area contributed by atoms with E-state index in [0.29, 0.717) is 12.0 Å². The lowest BCUT2D eigenvalue weighted by molar-refractivity contribution is -0.131. The summed E-state index contributed by atoms with van der Waals surface area (Å²) in [5, 5.41) is 28.7. The molecule has 100 valence electrons. The first kappa shape index (κ1) is 14.7. The maximum atomic E-state index is 10.5. The standard InChI is InChI=1S/C14H20O4/c1-10(8-12(16)17)4-6-14(18)7-5-11(15)9-13(14,2)3/h4-8,11,15,18H,9H2,1-3H3,(H,16,17). The van der Waals surface area contributed by atoms with Gasteiger partial charge in [-0.15, -0.1) is 0 Å². The van der Waals surface area contributed by atoms with Crippen LogP contribution in [0.25, 0.3) is 0 Å². The number of carboxylic acid groups (broad SMARTS) is 1. The van der Waals surface area contributed by atoms with Crippen LogP contribution in [0.3, 0.4) is 0 Å². The molecule has 0 amide bonds. The van der Waals surface area contributed by atoms with Crippen LogP contribution >= 0.6 is 0 Å². The second-order valence-corrected chi connectivity index (χ2v) is 5.40. The lowest BCUT2D eigenvalue weighted by Crippen LogP contribution is -2.46. The van der Waals surface area contributed by atoms with E-state index in [4.69, 9.17) is 5.11 Å². The van der Waals surface area contributed by atoms with E-state index in [9.17, 15) is 15.0 Å². The van der Waals surface area contributed by atoms with Gasteiger partial charge in [0.05, 0.1) is 6.10 Å². The summed E-state index contributed by atoms with van der Waals surface area (Å²) in [5.41, 5.74) is -1.15. The van der Waals surface area contributed by atoms with Crippen LogP contribution in [-0.2, 0) is 4.79 Å². The number of carbonyl (C=O) groups is 1. The van der Waals surface area contributed by atoms with Gasteiger partial charge in [0.2, 0.25) is 0 Å². The van der Waals surface area contributed by atoms with Crippen molar-refractivity contribution in [2.45, 2.75) is 38.9 Å². The third-order valence-electron chi connectivity index (χ3n) is 3.33. The minimum absolute atomic E-state index is 0.450. The van der Waals surface area contributed by atoms with Crippen LogP contribution in [0.2, 0.25) is 0 Å². The summed E-state index contributed by atoms with van der Waals surface area (Å²) in [6.45, 7) is 5.38. The van der Waals surface area contributed by atoms with Gasteiger partial charge in [0.1, 0.15) is 5.60 Å². The van der Waals surface area contributed by atoms with E-state index in [-0.39, 0.29) is 0 Å². The maximum Gasteiger partial charge on any atom is 0.328 e. The molecule has 4 heteroatoms. The molecule has 0 saturated heterocycles. The first-order chi connectivity index (χ1) is 8.16. The molecule has 1 rings (SSSR count). The number of allylic oxidation sites excluding steroid dienone is 2. The Bertz CT molecular complexity index is 418. The van der Waals surface area contributed by atoms with Gasteiger partial charge in [-0.25, -0.2) is 4.79 Å². The Morgan fingerprint density at radius 3 is 2.56 bits per heavy atom. The van der Waals surface area contributed by atoms with Gasteiger partial charge in [-0.3, -0.25) is 0 Å². The zero-order valence-corrected chi connectivity index (χ0v) is 10.9. The maximum absolute atomic E-state index is 10.5. The predicted molar refractivity (Wildman–Crippen MR) is 69.0 cm³/mol. The molecule has 2 atom stereocenters. The fraction of sp³-hybridized carbons (Fsp3) is 0.500. The normalized spacial score (nSPS) is 31.8. The van der Waals surface area contributed by atoms with Crippen LogP contribution in [0.5, 0.6) is 0 Å². The molecule has 0 aromatic heterocycles. The van der Waals surface area contributed by atoms with Gasteiger partial charge in [0, 0.05) is 11.5 Å². The summed E-state index contributed by atoms with van der Waals surface area (Å²) >= 11 is 0. The number of aliphatic hydroxyl groups excluding tert-OH is 1. The molecule has 0 saturated carbocycles. The summed E-state index contributed by atoms with van der Waals surface area (Å²) in [4.78, 5) is 10.5. The lowest BCUT2D eigenvalue weighted by Gasteiger charge is -2.42. The number of aliphatic carboxylic acids is 1. The largest absolute Gasteiger partial charge is 0.478 e. The monoisotopic (exact) mass is 252 g/mol. The molecule has 0 aromatic carbocycles. The predicted octanol–water partition coefficient (Wildman–Crippen LogP) is 1.65. The second-order valence-electron chi connectivity index (χ2n) is 5.40. The Labute approximate surface area is 107 Å². The van der Waals surface area contributed by atoms with Crippen LogP contribution < -0.4 is 0 Å². The van der Waals surface area contributed by atoms with Gasteiger partial charge >= 0.3 is 5.97 Å². The zero-order valence-electron chi connectivity index (χ0n) is 10.9. The fourth-order valence-corrected chi connectivity index (χ4v) is 2.02. The summed E-state index contributed by atoms with van der Waals surface area (Å²) in [7, 11) is 0. The fourth-order valence-electron chi connectivity index (χ4n) is 2.02. The Balaban J connectivity index is 2.97. The molecule has 1 aliphatic rings. The molecule has 0 bridgehead atoms. The van der Waals surface area contributed by atoms with Gasteiger partial charge in [-0.2, -0.15) is 0 Å². The highest BCUT2D eigenvalue weighted by atomic mass is 16.4. The van der Waals surface area contributed by atoms with Crippen molar-refractivity contribution < 1.29 is 20.1 Å². The number of carboxylic acids is 1. The second kappa shape index (κ2) is 5.08. The first-order valence-corrected chi connectivity index (χ1v) is 5.86. The van der Waals surface area contributed by atoms with Gasteiger partial charge in [-0.1, -0.05) is 32.1 Å². The zero-order chi connectivity index (χ0) is 14.0. The van der Waals surface area contributed by atoms with Crippen LogP contribution in [0.15, 0.2) is 36.0 Å². The van der Waals surface area contributed by atoms with Gasteiger partial charge in [0.25, 0.3) is 0 Å². The quantitative estimate of drug-likeness (QED) is 0.405. The molecular weight excluding hydrogens is 232 g/mol. The summed E-state index contributed by atoms with van der Waals surface area (Å²) in [6.07, 6.45) is 7.25. The smallest absolute Gasteiger partial charge is 0.328 e. The van der Waals surface area contributed by atoms with Crippen LogP contribution in [0.1, 0.15) is 27.2 Å². The van der Waals surface area contributed by atoms with E-state index in [1.165, 1.54) is 0 Å². The van der Waals surface area contributed by atoms with Gasteiger partial charge in [0.15, 0.2) is 0 Å². The van der Waals surface area contributed by atoms with Crippen LogP contribution in [0, 0.1) is 5.41 Å². The molecule has 0 spiro atoms. The molecule has 4 nitrogen and oxygen atoms in total. The third kappa shape index (κ3) is 3.31. The van der Waals surface area contributed by atoms with Crippen LogP contribution in [0.4, 0.5) is 0 Å². The SMILES string of the molecule is CC(C=CC1(O)C=CC(O)CC1(C)C)=CC(=O)O. The molecule has 0 radical (unpaired) electrons. The van der Waals surface area contributed by atoms with Gasteiger partial charge < -0.3 is 15.3 Å². The molecule has 3 N–H and O–H groups in total. The summed E-state index contributed by atoms with van der Waals surface area (Å²) in [6, 6.07) is 0. The number of hydrogen-bond donors (Lipinski definition) is 3. The van der Waals surface area contributed by atoms with Crippen molar-refractivity contribution in [1.29, 1.82) is 0 Å². The molecule has 2 unspecified atom stereocenters. The Kier molecular flexibility index (Phi) is 4.14. The van der Waals surface area contributed by atoms with E-state index < -0.39 is 23.1 Å². The number of hydrogen-bond acceptors (Lipinski definition) is 3. The topological polar surface area (TPSA) is 77.8 Å². The molecule has 0 fully saturated rings. The van der Waals surface area contributed by atoms with Crippen molar-refractivity contribution in [2.75, 3.05) is 0 Å². The van der Waals surface area contributed by atoms with Crippen molar-refractivity contribution >= 4 is 5.97 Å². The average molecular weight is 252 g/mol. The average Bonchev–Trinajstić information content (AvgIpc) is 2.20. The van der Waals surface area contributed by atoms with E-state index >= 15 is 0 Å². The summed E-state index contributed by atoms with van der Waals surface area (Å²) < 4.78 is 0. The highest BCUT2D eigenvalue weighted by Gasteiger charge is 2.42. The number of rotatable bonds is 3. The van der Waals surface area contributed by atoms with E-state index in [1.807, 2.05) is 13.8 Å². The van der Waals surface area contributed by atoms with Crippen molar-refractivity contribution in [1.82, 2.24) is 0 Å². The van der Waals surface area contributed by atoms with Crippen molar-refractivity contribution in [2.24, 2.45) is 5.41 Å². The van der Waals surface area contributed by atoms with Crippen molar-refractivity contribution in [3.8, 4) is 0 Å². The highest BCUT2D eigenvalue weighted by Crippen LogP contribution is 2.41. The third-order valence-corrected chi connectivity index (χ3v) is 3.33. The molecule has 18 heavy (non-hydrogen) atoms. The van der Waals surface area contributed by atoms with Crippen molar-refractivity contribution in [3.63, 3.8) is 0 Å². The van der Waals surface area contributed by atoms with Gasteiger partial charge in [-0.05, 0) is 25.0 Å². The Morgan fingerprint density at radius 1 is 1.44 bits per heavy atom. The minimum Gasteiger partial charge on any atom is -0.478 e. The van der Waals surface area contributed by atoms with E-state index in [0.717, 1.165) is 6.08 Å². The minimum atomic E-state index is -1.18.